The van der Waals surface area contributed by atoms with Crippen LogP contribution in [0.25, 0.3) is 17.3 Å². The highest BCUT2D eigenvalue weighted by atomic mass is 35.5. The molecule has 1 heterocycles. The fourth-order valence-corrected chi connectivity index (χ4v) is 2.75. The molecule has 23 heavy (non-hydrogen) atoms. The van der Waals surface area contributed by atoms with Crippen molar-refractivity contribution in [2.24, 2.45) is 10.2 Å². The molecule has 0 aliphatic heterocycles. The third kappa shape index (κ3) is 4.58. The van der Waals surface area contributed by atoms with Crippen molar-refractivity contribution in [2.75, 3.05) is 6.54 Å². The summed E-state index contributed by atoms with van der Waals surface area (Å²) in [6.07, 6.45) is 4.01. The number of thiazole rings is 1. The van der Waals surface area contributed by atoms with E-state index in [1.807, 2.05) is 72.1 Å². The van der Waals surface area contributed by atoms with Crippen LogP contribution in [0.3, 0.4) is 0 Å². The van der Waals surface area contributed by atoms with Crippen LogP contribution in [0.4, 0.5) is 5.13 Å². The lowest BCUT2D eigenvalue weighted by Crippen LogP contribution is -1.76. The van der Waals surface area contributed by atoms with Gasteiger partial charge in [0.25, 0.3) is 0 Å². The molecule has 114 valence electrons. The van der Waals surface area contributed by atoms with E-state index < -0.39 is 0 Å². The summed E-state index contributed by atoms with van der Waals surface area (Å²) in [5.74, 6) is 0. The molecular weight excluding hydrogens is 326 g/mol. The molecule has 0 saturated carbocycles. The Morgan fingerprint density at radius 3 is 2.61 bits per heavy atom. The first-order chi connectivity index (χ1) is 11.3. The van der Waals surface area contributed by atoms with Crippen molar-refractivity contribution in [3.63, 3.8) is 0 Å². The van der Waals surface area contributed by atoms with Crippen molar-refractivity contribution in [1.82, 2.24) is 4.98 Å². The quantitative estimate of drug-likeness (QED) is 0.505. The predicted octanol–water partition coefficient (Wildman–Crippen LogP) is 6.26. The number of aromatic nitrogens is 1. The molecule has 0 saturated heterocycles. The van der Waals surface area contributed by atoms with E-state index in [2.05, 4.69) is 15.2 Å². The topological polar surface area (TPSA) is 37.6 Å². The van der Waals surface area contributed by atoms with Gasteiger partial charge in [-0.3, -0.25) is 0 Å². The number of rotatable bonds is 5. The first-order valence-corrected chi connectivity index (χ1v) is 8.37. The Labute approximate surface area is 144 Å². The lowest BCUT2D eigenvalue weighted by molar-refractivity contribution is 1.06. The van der Waals surface area contributed by atoms with Gasteiger partial charge in [0.15, 0.2) is 0 Å². The molecule has 2 aromatic carbocycles. The van der Waals surface area contributed by atoms with Crippen LogP contribution in [0.5, 0.6) is 0 Å². The van der Waals surface area contributed by atoms with E-state index in [-0.39, 0.29) is 0 Å². The lowest BCUT2D eigenvalue weighted by atomic mass is 10.2. The summed E-state index contributed by atoms with van der Waals surface area (Å²) in [4.78, 5) is 4.46. The fraction of sp³-hybridized carbons (Fsp3) is 0.0556. The Morgan fingerprint density at radius 1 is 1.04 bits per heavy atom. The second kappa shape index (κ2) is 7.81. The molecule has 0 fully saturated rings. The Kier molecular flexibility index (Phi) is 5.29. The summed E-state index contributed by atoms with van der Waals surface area (Å²) in [7, 11) is 0. The number of hydrogen-bond donors (Lipinski definition) is 0. The maximum atomic E-state index is 5.89. The fourth-order valence-electron chi connectivity index (χ4n) is 1.96. The smallest absolute Gasteiger partial charge is 0.217 e. The molecule has 0 bridgehead atoms. The van der Waals surface area contributed by atoms with Gasteiger partial charge in [-0.2, -0.15) is 5.11 Å². The molecule has 0 radical (unpaired) electrons. The molecule has 0 aliphatic carbocycles. The zero-order chi connectivity index (χ0) is 15.9. The Bertz CT molecular complexity index is 808. The minimum absolute atomic E-state index is 0.532. The van der Waals surface area contributed by atoms with E-state index in [0.29, 0.717) is 16.7 Å². The van der Waals surface area contributed by atoms with Crippen LogP contribution in [0.2, 0.25) is 5.02 Å². The van der Waals surface area contributed by atoms with Crippen molar-refractivity contribution in [1.29, 1.82) is 0 Å². The van der Waals surface area contributed by atoms with Gasteiger partial charge >= 0.3 is 0 Å². The molecule has 5 heteroatoms. The van der Waals surface area contributed by atoms with Crippen molar-refractivity contribution in [2.45, 2.75) is 0 Å². The Balaban J connectivity index is 1.58. The molecule has 3 aromatic rings. The minimum Gasteiger partial charge on any atom is -0.217 e. The van der Waals surface area contributed by atoms with Crippen LogP contribution in [0.1, 0.15) is 5.56 Å². The first-order valence-electron chi connectivity index (χ1n) is 7.12. The molecule has 0 atom stereocenters. The molecular formula is C18H14ClN3S. The van der Waals surface area contributed by atoms with E-state index >= 15 is 0 Å². The molecule has 1 aromatic heterocycles. The zero-order valence-corrected chi connectivity index (χ0v) is 13.8. The van der Waals surface area contributed by atoms with Gasteiger partial charge in [-0.1, -0.05) is 66.2 Å². The second-order valence-electron chi connectivity index (χ2n) is 4.76. The van der Waals surface area contributed by atoms with Crippen LogP contribution in [0, 0.1) is 0 Å². The average molecular weight is 340 g/mol. The standard InChI is InChI=1S/C18H14ClN3S/c19-16-10-8-15(9-11-16)17-13-23-18(21-17)22-20-12-4-7-14-5-2-1-3-6-14/h1-11,13H,12H2. The highest BCUT2D eigenvalue weighted by Crippen LogP contribution is 2.27. The van der Waals surface area contributed by atoms with Crippen LogP contribution in [-0.4, -0.2) is 11.5 Å². The van der Waals surface area contributed by atoms with Crippen molar-refractivity contribution in [3.05, 3.63) is 76.6 Å². The van der Waals surface area contributed by atoms with Crippen molar-refractivity contribution in [3.8, 4) is 11.3 Å². The van der Waals surface area contributed by atoms with Gasteiger partial charge < -0.3 is 0 Å². The maximum absolute atomic E-state index is 5.89. The predicted molar refractivity (Wildman–Crippen MR) is 97.4 cm³/mol. The highest BCUT2D eigenvalue weighted by molar-refractivity contribution is 7.13. The van der Waals surface area contributed by atoms with E-state index in [4.69, 9.17) is 11.6 Å². The van der Waals surface area contributed by atoms with Gasteiger partial charge in [0.1, 0.15) is 0 Å². The van der Waals surface area contributed by atoms with Gasteiger partial charge in [-0.25, -0.2) is 4.98 Å². The van der Waals surface area contributed by atoms with E-state index in [1.54, 1.807) is 0 Å². The van der Waals surface area contributed by atoms with Gasteiger partial charge in [0.05, 0.1) is 12.2 Å². The Morgan fingerprint density at radius 2 is 1.83 bits per heavy atom. The number of halogens is 1. The number of azo groups is 1. The molecule has 0 unspecified atom stereocenters. The molecule has 0 N–H and O–H groups in total. The summed E-state index contributed by atoms with van der Waals surface area (Å²) in [5, 5.41) is 11.6. The van der Waals surface area contributed by atoms with E-state index in [9.17, 15) is 0 Å². The summed E-state index contributed by atoms with van der Waals surface area (Å²) in [6.45, 7) is 0.532. The van der Waals surface area contributed by atoms with Crippen LogP contribution in [0.15, 0.2) is 76.3 Å². The summed E-state index contributed by atoms with van der Waals surface area (Å²) < 4.78 is 0. The third-order valence-corrected chi connectivity index (χ3v) is 4.06. The molecule has 3 rings (SSSR count). The van der Waals surface area contributed by atoms with Gasteiger partial charge in [0, 0.05) is 16.0 Å². The number of nitrogens with zero attached hydrogens (tertiary/aromatic N) is 3. The average Bonchev–Trinajstić information content (AvgIpc) is 3.05. The molecule has 0 aliphatic rings. The largest absolute Gasteiger partial charge is 0.230 e. The summed E-state index contributed by atoms with van der Waals surface area (Å²) >= 11 is 7.36. The van der Waals surface area contributed by atoms with Crippen molar-refractivity contribution < 1.29 is 0 Å². The number of hydrogen-bond acceptors (Lipinski definition) is 4. The normalized spacial score (nSPS) is 11.5. The monoisotopic (exact) mass is 339 g/mol. The molecule has 0 spiro atoms. The summed E-state index contributed by atoms with van der Waals surface area (Å²) in [6, 6.07) is 17.7. The Hall–Kier alpha value is -2.30. The zero-order valence-electron chi connectivity index (χ0n) is 12.3. The van der Waals surface area contributed by atoms with E-state index in [1.165, 1.54) is 11.3 Å². The van der Waals surface area contributed by atoms with Crippen LogP contribution in [-0.2, 0) is 0 Å². The molecule has 3 nitrogen and oxygen atoms in total. The molecule has 0 amide bonds. The van der Waals surface area contributed by atoms with Gasteiger partial charge in [0.2, 0.25) is 5.13 Å². The van der Waals surface area contributed by atoms with Crippen LogP contribution >= 0.6 is 22.9 Å². The summed E-state index contributed by atoms with van der Waals surface area (Å²) in [5.41, 5.74) is 3.07. The van der Waals surface area contributed by atoms with Crippen LogP contribution < -0.4 is 0 Å². The van der Waals surface area contributed by atoms with Crippen molar-refractivity contribution >= 4 is 34.1 Å². The first kappa shape index (κ1) is 15.6. The van der Waals surface area contributed by atoms with Gasteiger partial charge in [-0.15, -0.1) is 16.5 Å². The van der Waals surface area contributed by atoms with Gasteiger partial charge in [-0.05, 0) is 17.7 Å². The SMILES string of the molecule is Clc1ccc(-c2csc(N=NCC=Cc3ccccc3)n2)cc1. The highest BCUT2D eigenvalue weighted by Gasteiger charge is 2.03. The second-order valence-corrected chi connectivity index (χ2v) is 6.03. The lowest BCUT2D eigenvalue weighted by Gasteiger charge is -1.95. The van der Waals surface area contributed by atoms with E-state index in [0.717, 1.165) is 16.8 Å². The maximum Gasteiger partial charge on any atom is 0.230 e. The third-order valence-electron chi connectivity index (χ3n) is 3.09. The minimum atomic E-state index is 0.532. The number of benzene rings is 2.